The molecule has 0 saturated heterocycles. The zero-order valence-electron chi connectivity index (χ0n) is 10.2. The van der Waals surface area contributed by atoms with Crippen LogP contribution in [0.3, 0.4) is 0 Å². The molecule has 0 unspecified atom stereocenters. The maximum Gasteiger partial charge on any atom is 0.187 e. The number of para-hydroxylation sites is 1. The van der Waals surface area contributed by atoms with Gasteiger partial charge in [-0.25, -0.2) is 0 Å². The van der Waals surface area contributed by atoms with E-state index < -0.39 is 0 Å². The van der Waals surface area contributed by atoms with Gasteiger partial charge in [0, 0.05) is 17.8 Å². The highest BCUT2D eigenvalue weighted by molar-refractivity contribution is 6.04. The van der Waals surface area contributed by atoms with Crippen molar-refractivity contribution in [2.75, 3.05) is 5.32 Å². The Morgan fingerprint density at radius 1 is 1.05 bits per heavy atom. The third kappa shape index (κ3) is 3.30. The quantitative estimate of drug-likeness (QED) is 0.666. The molecule has 0 spiro atoms. The van der Waals surface area contributed by atoms with E-state index in [4.69, 9.17) is 5.26 Å². The summed E-state index contributed by atoms with van der Waals surface area (Å²) in [6.07, 6.45) is 3.00. The largest absolute Gasteiger partial charge is 0.360 e. The average Bonchev–Trinajstić information content (AvgIpc) is 2.48. The maximum absolute atomic E-state index is 11.8. The minimum absolute atomic E-state index is 0.0810. The van der Waals surface area contributed by atoms with Crippen LogP contribution in [0.2, 0.25) is 0 Å². The molecular formula is C16H12N2O. The molecule has 3 nitrogen and oxygen atoms in total. The summed E-state index contributed by atoms with van der Waals surface area (Å²) in [7, 11) is 0. The molecule has 0 aromatic heterocycles. The van der Waals surface area contributed by atoms with Crippen LogP contribution in [0.1, 0.15) is 15.9 Å². The van der Waals surface area contributed by atoms with E-state index in [1.165, 1.54) is 6.08 Å². The van der Waals surface area contributed by atoms with Crippen LogP contribution in [-0.4, -0.2) is 5.78 Å². The van der Waals surface area contributed by atoms with Gasteiger partial charge in [-0.15, -0.1) is 0 Å². The molecule has 0 aliphatic rings. The van der Waals surface area contributed by atoms with Crippen molar-refractivity contribution in [1.29, 1.82) is 5.26 Å². The molecule has 2 aromatic rings. The second-order valence-corrected chi connectivity index (χ2v) is 3.87. The fourth-order valence-electron chi connectivity index (χ4n) is 1.61. The van der Waals surface area contributed by atoms with Crippen molar-refractivity contribution >= 4 is 11.5 Å². The summed E-state index contributed by atoms with van der Waals surface area (Å²) in [4.78, 5) is 11.8. The van der Waals surface area contributed by atoms with Gasteiger partial charge in [0.05, 0.1) is 11.3 Å². The van der Waals surface area contributed by atoms with Crippen LogP contribution in [0.25, 0.3) is 0 Å². The van der Waals surface area contributed by atoms with Crippen molar-refractivity contribution < 1.29 is 4.79 Å². The van der Waals surface area contributed by atoms with Gasteiger partial charge >= 0.3 is 0 Å². The standard InChI is InChI=1S/C16H12N2O/c17-12-14-8-4-5-9-15(14)18-11-10-16(19)13-6-2-1-3-7-13/h1-11,18H/b11-10+. The molecule has 0 aliphatic heterocycles. The highest BCUT2D eigenvalue weighted by Gasteiger charge is 2.00. The van der Waals surface area contributed by atoms with E-state index >= 15 is 0 Å². The van der Waals surface area contributed by atoms with E-state index in [-0.39, 0.29) is 5.78 Å². The van der Waals surface area contributed by atoms with Crippen molar-refractivity contribution in [2.45, 2.75) is 0 Å². The third-order valence-corrected chi connectivity index (χ3v) is 2.58. The monoisotopic (exact) mass is 248 g/mol. The predicted molar refractivity (Wildman–Crippen MR) is 74.7 cm³/mol. The Bertz CT molecular complexity index is 639. The van der Waals surface area contributed by atoms with E-state index in [0.717, 1.165) is 0 Å². The Kier molecular flexibility index (Phi) is 4.09. The van der Waals surface area contributed by atoms with Crippen LogP contribution in [-0.2, 0) is 0 Å². The van der Waals surface area contributed by atoms with Gasteiger partial charge in [0.1, 0.15) is 6.07 Å². The van der Waals surface area contributed by atoms with Crippen LogP contribution in [0.4, 0.5) is 5.69 Å². The lowest BCUT2D eigenvalue weighted by atomic mass is 10.1. The van der Waals surface area contributed by atoms with Crippen molar-refractivity contribution in [3.63, 3.8) is 0 Å². The van der Waals surface area contributed by atoms with Gasteiger partial charge in [-0.1, -0.05) is 42.5 Å². The van der Waals surface area contributed by atoms with Gasteiger partial charge < -0.3 is 5.32 Å². The second-order valence-electron chi connectivity index (χ2n) is 3.87. The lowest BCUT2D eigenvalue weighted by Gasteiger charge is -2.02. The molecule has 0 atom stereocenters. The smallest absolute Gasteiger partial charge is 0.187 e. The molecule has 19 heavy (non-hydrogen) atoms. The summed E-state index contributed by atoms with van der Waals surface area (Å²) < 4.78 is 0. The number of allylic oxidation sites excluding steroid dienone is 1. The normalized spacial score (nSPS) is 10.1. The molecular weight excluding hydrogens is 236 g/mol. The molecule has 0 saturated carbocycles. The Morgan fingerprint density at radius 2 is 1.74 bits per heavy atom. The van der Waals surface area contributed by atoms with Crippen LogP contribution in [0.5, 0.6) is 0 Å². The summed E-state index contributed by atoms with van der Waals surface area (Å²) in [6.45, 7) is 0. The molecule has 2 aromatic carbocycles. The van der Waals surface area contributed by atoms with Crippen LogP contribution < -0.4 is 5.32 Å². The first-order valence-electron chi connectivity index (χ1n) is 5.83. The van der Waals surface area contributed by atoms with Gasteiger partial charge in [-0.3, -0.25) is 4.79 Å². The van der Waals surface area contributed by atoms with E-state index in [1.807, 2.05) is 24.3 Å². The topological polar surface area (TPSA) is 52.9 Å². The van der Waals surface area contributed by atoms with Crippen LogP contribution >= 0.6 is 0 Å². The van der Waals surface area contributed by atoms with Gasteiger partial charge in [0.15, 0.2) is 5.78 Å². The first-order chi connectivity index (χ1) is 9.31. The van der Waals surface area contributed by atoms with Crippen molar-refractivity contribution in [1.82, 2.24) is 0 Å². The highest BCUT2D eigenvalue weighted by Crippen LogP contribution is 2.13. The third-order valence-electron chi connectivity index (χ3n) is 2.58. The number of carbonyl (C=O) groups excluding carboxylic acids is 1. The first kappa shape index (κ1) is 12.6. The number of benzene rings is 2. The number of ketones is 1. The number of hydrogen-bond acceptors (Lipinski definition) is 3. The Labute approximate surface area is 111 Å². The molecule has 0 radical (unpaired) electrons. The minimum Gasteiger partial charge on any atom is -0.360 e. The van der Waals surface area contributed by atoms with Crippen LogP contribution in [0.15, 0.2) is 66.9 Å². The molecule has 0 heterocycles. The Morgan fingerprint density at radius 3 is 2.47 bits per heavy atom. The van der Waals surface area contributed by atoms with Gasteiger partial charge in [0.2, 0.25) is 0 Å². The van der Waals surface area contributed by atoms with E-state index in [9.17, 15) is 4.79 Å². The lowest BCUT2D eigenvalue weighted by molar-refractivity contribution is 0.104. The lowest BCUT2D eigenvalue weighted by Crippen LogP contribution is -1.96. The predicted octanol–water partition coefficient (Wildman–Crippen LogP) is 3.37. The summed E-state index contributed by atoms with van der Waals surface area (Å²) in [5.41, 5.74) is 1.86. The number of nitrogens with one attached hydrogen (secondary N) is 1. The van der Waals surface area contributed by atoms with E-state index in [0.29, 0.717) is 16.8 Å². The van der Waals surface area contributed by atoms with Gasteiger partial charge in [0.25, 0.3) is 0 Å². The van der Waals surface area contributed by atoms with Gasteiger partial charge in [-0.2, -0.15) is 5.26 Å². The van der Waals surface area contributed by atoms with Gasteiger partial charge in [-0.05, 0) is 12.1 Å². The van der Waals surface area contributed by atoms with Crippen molar-refractivity contribution in [2.24, 2.45) is 0 Å². The number of anilines is 1. The minimum atomic E-state index is -0.0810. The fourth-order valence-corrected chi connectivity index (χ4v) is 1.61. The fraction of sp³-hybridized carbons (Fsp3) is 0. The maximum atomic E-state index is 11.8. The number of carbonyl (C=O) groups is 1. The number of nitriles is 1. The zero-order chi connectivity index (χ0) is 13.5. The highest BCUT2D eigenvalue weighted by atomic mass is 16.1. The molecule has 0 bridgehead atoms. The number of hydrogen-bond donors (Lipinski definition) is 1. The Hall–Kier alpha value is -2.86. The number of nitrogens with zero attached hydrogens (tertiary/aromatic N) is 1. The summed E-state index contributed by atoms with van der Waals surface area (Å²) in [5, 5.41) is 11.9. The average molecular weight is 248 g/mol. The first-order valence-corrected chi connectivity index (χ1v) is 5.83. The molecule has 92 valence electrons. The van der Waals surface area contributed by atoms with E-state index in [2.05, 4.69) is 11.4 Å². The SMILES string of the molecule is N#Cc1ccccc1N/C=C/C(=O)c1ccccc1. The summed E-state index contributed by atoms with van der Waals surface area (Å²) >= 11 is 0. The summed E-state index contributed by atoms with van der Waals surface area (Å²) in [5.74, 6) is -0.0810. The molecule has 1 N–H and O–H groups in total. The molecule has 0 fully saturated rings. The molecule has 2 rings (SSSR count). The second kappa shape index (κ2) is 6.18. The molecule has 0 amide bonds. The Balaban J connectivity index is 2.05. The summed E-state index contributed by atoms with van der Waals surface area (Å²) in [6, 6.07) is 18.2. The van der Waals surface area contributed by atoms with Crippen LogP contribution in [0, 0.1) is 11.3 Å². The molecule has 0 aliphatic carbocycles. The zero-order valence-corrected chi connectivity index (χ0v) is 10.2. The number of rotatable bonds is 4. The van der Waals surface area contributed by atoms with Crippen molar-refractivity contribution in [3.8, 4) is 6.07 Å². The van der Waals surface area contributed by atoms with E-state index in [1.54, 1.807) is 36.5 Å². The molecule has 3 heteroatoms. The van der Waals surface area contributed by atoms with Crippen molar-refractivity contribution in [3.05, 3.63) is 78.0 Å².